The van der Waals surface area contributed by atoms with Crippen molar-refractivity contribution in [3.8, 4) is 0 Å². The fourth-order valence-corrected chi connectivity index (χ4v) is 3.56. The van der Waals surface area contributed by atoms with Gasteiger partial charge in [-0.15, -0.1) is 0 Å². The maximum absolute atomic E-state index is 12.5. The topological polar surface area (TPSA) is 43.9 Å². The number of amides is 2. The van der Waals surface area contributed by atoms with Crippen LogP contribution in [0.5, 0.6) is 0 Å². The quantitative estimate of drug-likeness (QED) is 0.812. The Labute approximate surface area is 158 Å². The number of benzene rings is 1. The van der Waals surface area contributed by atoms with Crippen molar-refractivity contribution < 1.29 is 9.59 Å². The summed E-state index contributed by atoms with van der Waals surface area (Å²) in [5.41, 5.74) is 3.31. The van der Waals surface area contributed by atoms with Gasteiger partial charge < -0.3 is 9.80 Å². The van der Waals surface area contributed by atoms with Crippen LogP contribution in [-0.2, 0) is 16.1 Å². The molecule has 1 aliphatic heterocycles. The van der Waals surface area contributed by atoms with E-state index in [-0.39, 0.29) is 23.7 Å². The summed E-state index contributed by atoms with van der Waals surface area (Å²) in [5, 5.41) is 0. The zero-order valence-corrected chi connectivity index (χ0v) is 17.1. The minimum Gasteiger partial charge on any atom is -0.340 e. The van der Waals surface area contributed by atoms with Crippen molar-refractivity contribution in [2.24, 2.45) is 11.8 Å². The van der Waals surface area contributed by atoms with Crippen molar-refractivity contribution in [2.75, 3.05) is 38.1 Å². The molecule has 144 valence electrons. The van der Waals surface area contributed by atoms with Crippen LogP contribution >= 0.6 is 0 Å². The van der Waals surface area contributed by atoms with Gasteiger partial charge in [-0.05, 0) is 18.1 Å². The van der Waals surface area contributed by atoms with Crippen LogP contribution in [0.2, 0.25) is 0 Å². The van der Waals surface area contributed by atoms with E-state index in [1.807, 2.05) is 39.6 Å². The monoisotopic (exact) mass is 359 g/mol. The van der Waals surface area contributed by atoms with E-state index in [0.717, 1.165) is 44.0 Å². The lowest BCUT2D eigenvalue weighted by Crippen LogP contribution is -2.49. The molecule has 0 bridgehead atoms. The molecule has 26 heavy (non-hydrogen) atoms. The van der Waals surface area contributed by atoms with Crippen molar-refractivity contribution >= 4 is 17.5 Å². The highest BCUT2D eigenvalue weighted by molar-refractivity contribution is 5.95. The number of rotatable bonds is 5. The van der Waals surface area contributed by atoms with Gasteiger partial charge >= 0.3 is 0 Å². The maximum Gasteiger partial charge on any atom is 0.229 e. The van der Waals surface area contributed by atoms with Gasteiger partial charge in [0.2, 0.25) is 11.8 Å². The van der Waals surface area contributed by atoms with Crippen molar-refractivity contribution in [1.82, 2.24) is 9.80 Å². The number of hydrogen-bond donors (Lipinski definition) is 0. The van der Waals surface area contributed by atoms with Crippen LogP contribution in [0.25, 0.3) is 0 Å². The number of nitrogens with zero attached hydrogens (tertiary/aromatic N) is 3. The molecule has 5 nitrogen and oxygen atoms in total. The molecule has 5 heteroatoms. The van der Waals surface area contributed by atoms with Crippen LogP contribution in [0.1, 0.15) is 38.8 Å². The van der Waals surface area contributed by atoms with Crippen molar-refractivity contribution in [2.45, 2.75) is 41.2 Å². The molecule has 0 N–H and O–H groups in total. The Bertz CT molecular complexity index is 647. The van der Waals surface area contributed by atoms with E-state index in [0.29, 0.717) is 0 Å². The van der Waals surface area contributed by atoms with Crippen LogP contribution in [0.4, 0.5) is 5.69 Å². The lowest BCUT2D eigenvalue weighted by atomic mass is 10.0. The highest BCUT2D eigenvalue weighted by atomic mass is 16.2. The molecule has 1 aliphatic rings. The van der Waals surface area contributed by atoms with Gasteiger partial charge in [0, 0.05) is 51.6 Å². The minimum atomic E-state index is -0.0296. The Morgan fingerprint density at radius 1 is 1.04 bits per heavy atom. The maximum atomic E-state index is 12.5. The first-order valence-electron chi connectivity index (χ1n) is 9.59. The summed E-state index contributed by atoms with van der Waals surface area (Å²) in [7, 11) is 1.87. The Morgan fingerprint density at radius 3 is 2.19 bits per heavy atom. The van der Waals surface area contributed by atoms with E-state index in [4.69, 9.17) is 0 Å². The Kier molecular flexibility index (Phi) is 6.81. The van der Waals surface area contributed by atoms with Gasteiger partial charge in [-0.25, -0.2) is 0 Å². The molecule has 1 heterocycles. The number of aryl methyl sites for hydroxylation is 1. The first kappa shape index (κ1) is 20.4. The van der Waals surface area contributed by atoms with Crippen LogP contribution in [0.15, 0.2) is 18.2 Å². The van der Waals surface area contributed by atoms with E-state index in [1.165, 1.54) is 5.56 Å². The summed E-state index contributed by atoms with van der Waals surface area (Å²) >= 11 is 0. The second-order valence-corrected chi connectivity index (χ2v) is 7.89. The molecule has 1 aromatic carbocycles. The van der Waals surface area contributed by atoms with E-state index in [2.05, 4.69) is 30.0 Å². The average molecular weight is 360 g/mol. The molecular weight excluding hydrogens is 326 g/mol. The number of hydrogen-bond acceptors (Lipinski definition) is 3. The molecular formula is C21H33N3O2. The van der Waals surface area contributed by atoms with Crippen LogP contribution in [0.3, 0.4) is 0 Å². The lowest BCUT2D eigenvalue weighted by molar-refractivity contribution is -0.136. The summed E-state index contributed by atoms with van der Waals surface area (Å²) in [6.07, 6.45) is 0. The highest BCUT2D eigenvalue weighted by Crippen LogP contribution is 2.27. The molecule has 2 amide bonds. The van der Waals surface area contributed by atoms with Gasteiger partial charge in [-0.1, -0.05) is 45.9 Å². The molecule has 0 saturated carbocycles. The van der Waals surface area contributed by atoms with Crippen LogP contribution in [0, 0.1) is 18.8 Å². The molecule has 1 saturated heterocycles. The summed E-state index contributed by atoms with van der Waals surface area (Å²) in [5.74, 6) is 0.398. The summed E-state index contributed by atoms with van der Waals surface area (Å²) in [6.45, 7) is 13.9. The zero-order valence-electron chi connectivity index (χ0n) is 17.1. The molecule has 1 fully saturated rings. The van der Waals surface area contributed by atoms with Crippen molar-refractivity contribution in [1.29, 1.82) is 0 Å². The number of carbonyl (C=O) groups is 2. The smallest absolute Gasteiger partial charge is 0.229 e. The summed E-state index contributed by atoms with van der Waals surface area (Å²) < 4.78 is 0. The Balaban J connectivity index is 2.10. The summed E-state index contributed by atoms with van der Waals surface area (Å²) in [6, 6.07) is 6.22. The second kappa shape index (κ2) is 8.67. The predicted octanol–water partition coefficient (Wildman–Crippen LogP) is 2.91. The van der Waals surface area contributed by atoms with Crippen molar-refractivity contribution in [3.05, 3.63) is 29.3 Å². The van der Waals surface area contributed by atoms with Gasteiger partial charge in [-0.3, -0.25) is 14.5 Å². The van der Waals surface area contributed by atoms with Gasteiger partial charge in [0.1, 0.15) is 0 Å². The lowest BCUT2D eigenvalue weighted by Gasteiger charge is -2.36. The molecule has 2 rings (SSSR count). The number of para-hydroxylation sites is 1. The van der Waals surface area contributed by atoms with Crippen LogP contribution in [-0.4, -0.2) is 54.8 Å². The average Bonchev–Trinajstić information content (AvgIpc) is 2.60. The van der Waals surface area contributed by atoms with Gasteiger partial charge in [-0.2, -0.15) is 0 Å². The number of anilines is 1. The summed E-state index contributed by atoms with van der Waals surface area (Å²) in [4.78, 5) is 30.8. The van der Waals surface area contributed by atoms with Crippen LogP contribution < -0.4 is 4.90 Å². The third-order valence-electron chi connectivity index (χ3n) is 5.05. The zero-order chi connectivity index (χ0) is 19.4. The second-order valence-electron chi connectivity index (χ2n) is 7.89. The van der Waals surface area contributed by atoms with Gasteiger partial charge in [0.25, 0.3) is 0 Å². The first-order valence-corrected chi connectivity index (χ1v) is 9.59. The Hall–Kier alpha value is -1.88. The van der Waals surface area contributed by atoms with E-state index in [9.17, 15) is 9.59 Å². The van der Waals surface area contributed by atoms with Gasteiger partial charge in [0.05, 0.1) is 5.69 Å². The SMILES string of the molecule is Cc1cccc(CN2CCN(C(=O)C(C)C)CC2)c1N(C)C(=O)C(C)C. The third-order valence-corrected chi connectivity index (χ3v) is 5.05. The fourth-order valence-electron chi connectivity index (χ4n) is 3.56. The Morgan fingerprint density at radius 2 is 1.65 bits per heavy atom. The number of piperazine rings is 1. The normalized spacial score (nSPS) is 15.6. The molecule has 0 atom stereocenters. The molecule has 0 unspecified atom stereocenters. The molecule has 0 radical (unpaired) electrons. The minimum absolute atomic E-state index is 0.0296. The van der Waals surface area contributed by atoms with Crippen molar-refractivity contribution in [3.63, 3.8) is 0 Å². The molecule has 0 spiro atoms. The van der Waals surface area contributed by atoms with E-state index >= 15 is 0 Å². The fraction of sp³-hybridized carbons (Fsp3) is 0.619. The highest BCUT2D eigenvalue weighted by Gasteiger charge is 2.25. The molecule has 0 aliphatic carbocycles. The van der Waals surface area contributed by atoms with E-state index < -0.39 is 0 Å². The first-order chi connectivity index (χ1) is 12.2. The molecule has 0 aromatic heterocycles. The predicted molar refractivity (Wildman–Crippen MR) is 106 cm³/mol. The third kappa shape index (κ3) is 4.64. The standard InChI is InChI=1S/C21H33N3O2/c1-15(2)20(25)22(6)19-17(5)8-7-9-18(19)14-23-10-12-24(13-11-23)21(26)16(3)4/h7-9,15-16H,10-14H2,1-6H3. The number of carbonyl (C=O) groups excluding carboxylic acids is 2. The van der Waals surface area contributed by atoms with Gasteiger partial charge in [0.15, 0.2) is 0 Å². The van der Waals surface area contributed by atoms with E-state index in [1.54, 1.807) is 4.90 Å². The molecule has 1 aromatic rings. The largest absolute Gasteiger partial charge is 0.340 e.